The third-order valence-corrected chi connectivity index (χ3v) is 16.3. The third kappa shape index (κ3) is 61.6. The predicted octanol–water partition coefficient (Wildman–Crippen LogP) is 22.1. The summed E-state index contributed by atoms with van der Waals surface area (Å²) in [6, 6.07) is -0.540. The zero-order valence-electron chi connectivity index (χ0n) is 51.5. The highest BCUT2D eigenvalue weighted by Crippen LogP contribution is 2.19. The molecule has 0 rings (SSSR count). The van der Waals surface area contributed by atoms with Gasteiger partial charge < -0.3 is 20.3 Å². The molecule has 6 nitrogen and oxygen atoms in total. The van der Waals surface area contributed by atoms with E-state index in [4.69, 9.17) is 4.74 Å². The van der Waals surface area contributed by atoms with Gasteiger partial charge in [-0.05, 0) is 57.8 Å². The molecule has 1 amide bonds. The molecule has 76 heavy (non-hydrogen) atoms. The van der Waals surface area contributed by atoms with Crippen molar-refractivity contribution < 1.29 is 24.5 Å². The predicted molar refractivity (Wildman–Crippen MR) is 333 cm³/mol. The van der Waals surface area contributed by atoms with E-state index in [-0.39, 0.29) is 18.5 Å². The minimum Gasteiger partial charge on any atom is -0.466 e. The van der Waals surface area contributed by atoms with Gasteiger partial charge in [-0.25, -0.2) is 0 Å². The van der Waals surface area contributed by atoms with Gasteiger partial charge in [0, 0.05) is 12.8 Å². The number of aliphatic hydroxyl groups is 2. The van der Waals surface area contributed by atoms with Gasteiger partial charge in [-0.15, -0.1) is 0 Å². The zero-order valence-corrected chi connectivity index (χ0v) is 51.5. The summed E-state index contributed by atoms with van der Waals surface area (Å²) in [5, 5.41) is 23.2. The van der Waals surface area contributed by atoms with Gasteiger partial charge in [0.05, 0.1) is 25.4 Å². The Hall–Kier alpha value is -1.66. The molecule has 2 atom stereocenters. The van der Waals surface area contributed by atoms with Crippen LogP contribution in [-0.4, -0.2) is 47.4 Å². The molecular formula is C70H135NO5. The highest BCUT2D eigenvalue weighted by Gasteiger charge is 2.20. The Bertz CT molecular complexity index is 1190. The SMILES string of the molecule is CCCCCCCCCCCCCCCCCCC(=O)OCCCCCCCCCCC/C=C\C/C=C\CCCCCCCCCCCCCCCCCC(=O)NC(CO)C(O)CCCCCCCCCCCCCC. The molecule has 3 N–H and O–H groups in total. The highest BCUT2D eigenvalue weighted by atomic mass is 16.5. The summed E-state index contributed by atoms with van der Waals surface area (Å²) in [4.78, 5) is 24.6. The lowest BCUT2D eigenvalue weighted by Crippen LogP contribution is -2.45. The van der Waals surface area contributed by atoms with E-state index >= 15 is 0 Å². The van der Waals surface area contributed by atoms with Crippen LogP contribution in [0.15, 0.2) is 24.3 Å². The fourth-order valence-electron chi connectivity index (χ4n) is 11.0. The number of allylic oxidation sites excluding steroid dienone is 4. The van der Waals surface area contributed by atoms with Gasteiger partial charge in [0.2, 0.25) is 5.91 Å². The molecule has 0 bridgehead atoms. The van der Waals surface area contributed by atoms with Crippen LogP contribution < -0.4 is 5.32 Å². The van der Waals surface area contributed by atoms with E-state index in [2.05, 4.69) is 43.5 Å². The summed E-state index contributed by atoms with van der Waals surface area (Å²) >= 11 is 0. The molecule has 0 heterocycles. The fourth-order valence-corrected chi connectivity index (χ4v) is 11.0. The highest BCUT2D eigenvalue weighted by molar-refractivity contribution is 5.76. The molecular weight excluding hydrogens is 935 g/mol. The summed E-state index contributed by atoms with van der Waals surface area (Å²) in [6.45, 7) is 4.98. The fraction of sp³-hybridized carbons (Fsp3) is 0.914. The summed E-state index contributed by atoms with van der Waals surface area (Å²) in [5.41, 5.74) is 0. The van der Waals surface area contributed by atoms with Crippen LogP contribution in [-0.2, 0) is 14.3 Å². The maximum Gasteiger partial charge on any atom is 0.305 e. The Balaban J connectivity index is 3.36. The second kappa shape index (κ2) is 65.9. The molecule has 450 valence electrons. The second-order valence-corrected chi connectivity index (χ2v) is 23.9. The van der Waals surface area contributed by atoms with Crippen molar-refractivity contribution in [1.29, 1.82) is 0 Å². The normalized spacial score (nSPS) is 12.6. The van der Waals surface area contributed by atoms with Crippen molar-refractivity contribution >= 4 is 11.9 Å². The minimum absolute atomic E-state index is 0.0172. The van der Waals surface area contributed by atoms with E-state index in [0.29, 0.717) is 25.9 Å². The summed E-state index contributed by atoms with van der Waals surface area (Å²) in [6.07, 6.45) is 82.3. The number of carbonyl (C=O) groups is 2. The lowest BCUT2D eigenvalue weighted by Gasteiger charge is -2.22. The molecule has 0 radical (unpaired) electrons. The van der Waals surface area contributed by atoms with Gasteiger partial charge in [-0.3, -0.25) is 9.59 Å². The lowest BCUT2D eigenvalue weighted by atomic mass is 10.0. The molecule has 0 saturated heterocycles. The average Bonchev–Trinajstić information content (AvgIpc) is 3.42. The Morgan fingerprint density at radius 2 is 0.658 bits per heavy atom. The standard InChI is InChI=1S/C70H135NO5/c1-3-5-7-9-11-13-15-17-18-37-40-44-48-52-56-60-64-70(75)76-65-61-57-53-49-45-41-38-35-33-31-29-27-25-23-21-19-20-22-24-26-28-30-32-34-36-39-43-47-51-55-59-63-69(74)71-67(66-72)68(73)62-58-54-50-46-42-16-14-12-10-8-6-4-2/h21,23,27,29,67-68,72-73H,3-20,22,24-26,28,30-66H2,1-2H3,(H,71,74)/b23-21-,29-27-. The maximum atomic E-state index is 12.5. The lowest BCUT2D eigenvalue weighted by molar-refractivity contribution is -0.143. The quantitative estimate of drug-likeness (QED) is 0.0320. The average molecular weight is 1070 g/mol. The van der Waals surface area contributed by atoms with Gasteiger partial charge in [-0.1, -0.05) is 340 Å². The van der Waals surface area contributed by atoms with Crippen molar-refractivity contribution in [3.05, 3.63) is 24.3 Å². The van der Waals surface area contributed by atoms with Crippen molar-refractivity contribution in [2.45, 2.75) is 398 Å². The van der Waals surface area contributed by atoms with Gasteiger partial charge in [0.1, 0.15) is 0 Å². The largest absolute Gasteiger partial charge is 0.466 e. The first-order valence-corrected chi connectivity index (χ1v) is 34.6. The van der Waals surface area contributed by atoms with Crippen LogP contribution in [0.25, 0.3) is 0 Å². The summed E-state index contributed by atoms with van der Waals surface area (Å²) < 4.78 is 5.50. The molecule has 0 aliphatic carbocycles. The Labute approximate surface area is 475 Å². The van der Waals surface area contributed by atoms with E-state index in [1.807, 2.05) is 0 Å². The number of rotatable bonds is 65. The summed E-state index contributed by atoms with van der Waals surface area (Å²) in [5.74, 6) is -0.0158. The van der Waals surface area contributed by atoms with Gasteiger partial charge in [0.15, 0.2) is 0 Å². The zero-order chi connectivity index (χ0) is 55.0. The van der Waals surface area contributed by atoms with Crippen molar-refractivity contribution in [2.75, 3.05) is 13.2 Å². The van der Waals surface area contributed by atoms with Crippen LogP contribution in [0.4, 0.5) is 0 Å². The first kappa shape index (κ1) is 74.3. The molecule has 0 spiro atoms. The van der Waals surface area contributed by atoms with Crippen molar-refractivity contribution in [1.82, 2.24) is 5.32 Å². The number of aliphatic hydroxyl groups excluding tert-OH is 2. The molecule has 0 aromatic rings. The molecule has 0 aromatic heterocycles. The van der Waals surface area contributed by atoms with Crippen molar-refractivity contribution in [3.63, 3.8) is 0 Å². The minimum atomic E-state index is -0.662. The second-order valence-electron chi connectivity index (χ2n) is 23.9. The number of esters is 1. The number of amides is 1. The number of unbranched alkanes of at least 4 members (excludes halogenated alkanes) is 50. The smallest absolute Gasteiger partial charge is 0.305 e. The molecule has 0 aliphatic heterocycles. The molecule has 6 heteroatoms. The van der Waals surface area contributed by atoms with Gasteiger partial charge >= 0.3 is 5.97 Å². The third-order valence-electron chi connectivity index (χ3n) is 16.3. The number of hydrogen-bond donors (Lipinski definition) is 3. The van der Waals surface area contributed by atoms with E-state index < -0.39 is 12.1 Å². The van der Waals surface area contributed by atoms with Crippen LogP contribution in [0.3, 0.4) is 0 Å². The van der Waals surface area contributed by atoms with Gasteiger partial charge in [0.25, 0.3) is 0 Å². The van der Waals surface area contributed by atoms with E-state index in [0.717, 1.165) is 44.9 Å². The molecule has 0 aliphatic rings. The molecule has 0 aromatic carbocycles. The van der Waals surface area contributed by atoms with Crippen LogP contribution in [0.2, 0.25) is 0 Å². The topological polar surface area (TPSA) is 95.9 Å². The first-order valence-electron chi connectivity index (χ1n) is 34.6. The van der Waals surface area contributed by atoms with Crippen LogP contribution >= 0.6 is 0 Å². The molecule has 0 saturated carbocycles. The van der Waals surface area contributed by atoms with Crippen LogP contribution in [0.5, 0.6) is 0 Å². The Morgan fingerprint density at radius 3 is 1.00 bits per heavy atom. The van der Waals surface area contributed by atoms with Gasteiger partial charge in [-0.2, -0.15) is 0 Å². The van der Waals surface area contributed by atoms with Crippen molar-refractivity contribution in [2.24, 2.45) is 0 Å². The molecule has 0 fully saturated rings. The number of hydrogen-bond acceptors (Lipinski definition) is 5. The number of ether oxygens (including phenoxy) is 1. The van der Waals surface area contributed by atoms with E-state index in [9.17, 15) is 19.8 Å². The first-order chi connectivity index (χ1) is 37.5. The van der Waals surface area contributed by atoms with E-state index in [1.165, 1.54) is 308 Å². The maximum absolute atomic E-state index is 12.5. The number of carbonyl (C=O) groups excluding carboxylic acids is 2. The monoisotopic (exact) mass is 1070 g/mol. The molecule has 2 unspecified atom stereocenters. The summed E-state index contributed by atoms with van der Waals surface area (Å²) in [7, 11) is 0. The van der Waals surface area contributed by atoms with E-state index in [1.54, 1.807) is 0 Å². The number of nitrogens with one attached hydrogen (secondary N) is 1. The Morgan fingerprint density at radius 1 is 0.368 bits per heavy atom. The van der Waals surface area contributed by atoms with Crippen LogP contribution in [0.1, 0.15) is 386 Å². The van der Waals surface area contributed by atoms with Crippen molar-refractivity contribution in [3.8, 4) is 0 Å². The van der Waals surface area contributed by atoms with Crippen LogP contribution in [0, 0.1) is 0 Å². The Kier molecular flexibility index (Phi) is 64.4.